The van der Waals surface area contributed by atoms with Crippen LogP contribution in [0.2, 0.25) is 0 Å². The Morgan fingerprint density at radius 1 is 1.61 bits per heavy atom. The van der Waals surface area contributed by atoms with Crippen LogP contribution in [0.15, 0.2) is 22.0 Å². The lowest BCUT2D eigenvalue weighted by molar-refractivity contribution is 0.0599. The Balaban J connectivity index is 2.07. The second kappa shape index (κ2) is 5.26. The highest BCUT2D eigenvalue weighted by Gasteiger charge is 2.15. The van der Waals surface area contributed by atoms with Gasteiger partial charge in [0, 0.05) is 7.05 Å². The van der Waals surface area contributed by atoms with Crippen molar-refractivity contribution in [2.75, 3.05) is 7.11 Å². The van der Waals surface area contributed by atoms with E-state index in [-0.39, 0.29) is 5.97 Å². The fourth-order valence-corrected chi connectivity index (χ4v) is 2.24. The number of aromatic nitrogens is 3. The highest BCUT2D eigenvalue weighted by molar-refractivity contribution is 7.98. The number of furan rings is 1. The number of esters is 1. The Morgan fingerprint density at radius 3 is 3.00 bits per heavy atom. The first-order valence-corrected chi connectivity index (χ1v) is 6.24. The van der Waals surface area contributed by atoms with Gasteiger partial charge in [-0.1, -0.05) is 11.8 Å². The largest absolute Gasteiger partial charge is 0.465 e. The predicted octanol–water partition coefficient (Wildman–Crippen LogP) is 1.80. The number of methoxy groups -OCH3 is 1. The van der Waals surface area contributed by atoms with Gasteiger partial charge in [-0.3, -0.25) is 0 Å². The van der Waals surface area contributed by atoms with Crippen molar-refractivity contribution in [1.29, 1.82) is 0 Å². The first-order valence-electron chi connectivity index (χ1n) is 5.26. The van der Waals surface area contributed by atoms with Gasteiger partial charge in [-0.15, -0.1) is 10.2 Å². The van der Waals surface area contributed by atoms with E-state index < -0.39 is 0 Å². The standard InChI is InChI=1S/C11H13N3O3S/c1-7-9(10(15)16-3)4-8(17-7)5-18-11-13-12-6-14(11)2/h4,6H,5H2,1-3H3. The number of hydrogen-bond donors (Lipinski definition) is 0. The molecule has 2 heterocycles. The number of carbonyl (C=O) groups excluding carboxylic acids is 1. The van der Waals surface area contributed by atoms with Crippen molar-refractivity contribution in [1.82, 2.24) is 14.8 Å². The quantitative estimate of drug-likeness (QED) is 0.621. The van der Waals surface area contributed by atoms with Crippen LogP contribution in [0.25, 0.3) is 0 Å². The van der Waals surface area contributed by atoms with Crippen LogP contribution in [0, 0.1) is 6.92 Å². The average Bonchev–Trinajstić information content (AvgIpc) is 2.92. The minimum atomic E-state index is -0.383. The summed E-state index contributed by atoms with van der Waals surface area (Å²) in [5.41, 5.74) is 0.464. The zero-order chi connectivity index (χ0) is 13.1. The molecule has 0 atom stereocenters. The molecule has 96 valence electrons. The molecule has 0 fully saturated rings. The van der Waals surface area contributed by atoms with Gasteiger partial charge >= 0.3 is 5.97 Å². The minimum Gasteiger partial charge on any atom is -0.465 e. The summed E-state index contributed by atoms with van der Waals surface area (Å²) in [4.78, 5) is 11.4. The van der Waals surface area contributed by atoms with Crippen molar-refractivity contribution in [3.05, 3.63) is 29.5 Å². The summed E-state index contributed by atoms with van der Waals surface area (Å²) in [5.74, 6) is 1.48. The molecule has 0 amide bonds. The fraction of sp³-hybridized carbons (Fsp3) is 0.364. The molecule has 0 bridgehead atoms. The van der Waals surface area contributed by atoms with Crippen molar-refractivity contribution < 1.29 is 13.9 Å². The van der Waals surface area contributed by atoms with E-state index in [9.17, 15) is 4.79 Å². The lowest BCUT2D eigenvalue weighted by Crippen LogP contribution is -2.00. The van der Waals surface area contributed by atoms with Crippen molar-refractivity contribution >= 4 is 17.7 Å². The molecule has 18 heavy (non-hydrogen) atoms. The molecule has 0 aliphatic heterocycles. The molecule has 2 aromatic rings. The van der Waals surface area contributed by atoms with Crippen LogP contribution in [-0.2, 0) is 17.5 Å². The molecule has 0 aliphatic carbocycles. The van der Waals surface area contributed by atoms with Gasteiger partial charge in [-0.2, -0.15) is 0 Å². The van der Waals surface area contributed by atoms with Crippen LogP contribution in [0.5, 0.6) is 0 Å². The Bertz CT molecular complexity index is 562. The van der Waals surface area contributed by atoms with E-state index in [4.69, 9.17) is 4.42 Å². The van der Waals surface area contributed by atoms with Crippen LogP contribution in [0.3, 0.4) is 0 Å². The van der Waals surface area contributed by atoms with E-state index in [2.05, 4.69) is 14.9 Å². The third-order valence-electron chi connectivity index (χ3n) is 2.39. The van der Waals surface area contributed by atoms with Gasteiger partial charge in [0.05, 0.1) is 12.9 Å². The summed E-state index contributed by atoms with van der Waals surface area (Å²) in [5, 5.41) is 8.53. The third-order valence-corrected chi connectivity index (χ3v) is 3.44. The molecule has 7 heteroatoms. The molecule has 2 aromatic heterocycles. The second-order valence-corrected chi connectivity index (χ2v) is 4.63. The molecule has 0 N–H and O–H groups in total. The number of rotatable bonds is 4. The zero-order valence-electron chi connectivity index (χ0n) is 10.3. The monoisotopic (exact) mass is 267 g/mol. The maximum atomic E-state index is 11.4. The van der Waals surface area contributed by atoms with E-state index in [0.29, 0.717) is 22.8 Å². The number of thioether (sulfide) groups is 1. The third kappa shape index (κ3) is 2.56. The fourth-order valence-electron chi connectivity index (χ4n) is 1.47. The number of aryl methyl sites for hydroxylation is 2. The molecule has 0 radical (unpaired) electrons. The molecule has 0 aliphatic rings. The Hall–Kier alpha value is -1.76. The number of nitrogens with zero attached hydrogens (tertiary/aromatic N) is 3. The van der Waals surface area contributed by atoms with Gasteiger partial charge in [-0.25, -0.2) is 4.79 Å². The maximum Gasteiger partial charge on any atom is 0.341 e. The van der Waals surface area contributed by atoms with Crippen molar-refractivity contribution in [3.8, 4) is 0 Å². The van der Waals surface area contributed by atoms with Crippen molar-refractivity contribution in [2.24, 2.45) is 7.05 Å². The van der Waals surface area contributed by atoms with Crippen LogP contribution < -0.4 is 0 Å². The lowest BCUT2D eigenvalue weighted by atomic mass is 10.2. The summed E-state index contributed by atoms with van der Waals surface area (Å²) in [6.07, 6.45) is 1.63. The number of hydrogen-bond acceptors (Lipinski definition) is 6. The predicted molar refractivity (Wildman–Crippen MR) is 65.3 cm³/mol. The van der Waals surface area contributed by atoms with Crippen molar-refractivity contribution in [2.45, 2.75) is 17.8 Å². The molecular weight excluding hydrogens is 254 g/mol. The van der Waals surface area contributed by atoms with Crippen LogP contribution >= 0.6 is 11.8 Å². The minimum absolute atomic E-state index is 0.383. The average molecular weight is 267 g/mol. The van der Waals surface area contributed by atoms with Crippen molar-refractivity contribution in [3.63, 3.8) is 0 Å². The van der Waals surface area contributed by atoms with Gasteiger partial charge in [-0.05, 0) is 13.0 Å². The summed E-state index contributed by atoms with van der Waals surface area (Å²) in [7, 11) is 3.22. The normalized spacial score (nSPS) is 10.6. The Labute approximate surface area is 108 Å². The SMILES string of the molecule is COC(=O)c1cc(CSc2nncn2C)oc1C. The van der Waals surface area contributed by atoms with E-state index in [1.165, 1.54) is 18.9 Å². The molecule has 0 spiro atoms. The number of ether oxygens (including phenoxy) is 1. The first-order chi connectivity index (χ1) is 8.61. The van der Waals surface area contributed by atoms with Crippen LogP contribution in [0.4, 0.5) is 0 Å². The van der Waals surface area contributed by atoms with E-state index in [0.717, 1.165) is 5.16 Å². The summed E-state index contributed by atoms with van der Waals surface area (Å²) < 4.78 is 12.0. The van der Waals surface area contributed by atoms with Gasteiger partial charge in [0.2, 0.25) is 0 Å². The summed E-state index contributed by atoms with van der Waals surface area (Å²) in [6, 6.07) is 1.70. The Kier molecular flexibility index (Phi) is 3.71. The van der Waals surface area contributed by atoms with Crippen LogP contribution in [-0.4, -0.2) is 27.8 Å². The van der Waals surface area contributed by atoms with E-state index >= 15 is 0 Å². The highest BCUT2D eigenvalue weighted by atomic mass is 32.2. The van der Waals surface area contributed by atoms with E-state index in [1.54, 1.807) is 19.3 Å². The smallest absolute Gasteiger partial charge is 0.341 e. The summed E-state index contributed by atoms with van der Waals surface area (Å²) in [6.45, 7) is 1.74. The van der Waals surface area contributed by atoms with Gasteiger partial charge in [0.1, 0.15) is 23.4 Å². The maximum absolute atomic E-state index is 11.4. The summed E-state index contributed by atoms with van der Waals surface area (Å²) >= 11 is 1.49. The molecule has 0 saturated carbocycles. The highest BCUT2D eigenvalue weighted by Crippen LogP contribution is 2.23. The van der Waals surface area contributed by atoms with E-state index in [1.807, 2.05) is 11.6 Å². The zero-order valence-corrected chi connectivity index (χ0v) is 11.2. The lowest BCUT2D eigenvalue weighted by Gasteiger charge is -1.97. The second-order valence-electron chi connectivity index (χ2n) is 3.69. The molecule has 6 nitrogen and oxygen atoms in total. The van der Waals surface area contributed by atoms with Gasteiger partial charge in [0.15, 0.2) is 5.16 Å². The molecular formula is C11H13N3O3S. The molecule has 0 unspecified atom stereocenters. The van der Waals surface area contributed by atoms with Gasteiger partial charge < -0.3 is 13.7 Å². The number of carbonyl (C=O) groups is 1. The molecule has 2 rings (SSSR count). The first kappa shape index (κ1) is 12.7. The van der Waals surface area contributed by atoms with Gasteiger partial charge in [0.25, 0.3) is 0 Å². The topological polar surface area (TPSA) is 70.2 Å². The molecule has 0 aromatic carbocycles. The Morgan fingerprint density at radius 2 is 2.39 bits per heavy atom. The van der Waals surface area contributed by atoms with Crippen LogP contribution in [0.1, 0.15) is 21.9 Å². The molecule has 0 saturated heterocycles.